The highest BCUT2D eigenvalue weighted by atomic mass is 15.1. The molecule has 15 heavy (non-hydrogen) atoms. The van der Waals surface area contributed by atoms with Crippen LogP contribution in [-0.4, -0.2) is 24.5 Å². The van der Waals surface area contributed by atoms with Crippen molar-refractivity contribution >= 4 is 0 Å². The van der Waals surface area contributed by atoms with E-state index in [0.717, 1.165) is 6.54 Å². The van der Waals surface area contributed by atoms with Gasteiger partial charge in [-0.3, -0.25) is 4.90 Å². The van der Waals surface area contributed by atoms with Gasteiger partial charge in [0.05, 0.1) is 0 Å². The monoisotopic (exact) mass is 205 g/mol. The van der Waals surface area contributed by atoms with Crippen molar-refractivity contribution in [3.8, 4) is 0 Å². The van der Waals surface area contributed by atoms with E-state index in [2.05, 4.69) is 37.6 Å². The minimum Gasteiger partial charge on any atom is -0.299 e. The normalized spacial score (nSPS) is 17.5. The molecule has 1 aliphatic rings. The molecule has 84 valence electrons. The average Bonchev–Trinajstić information content (AvgIpc) is 2.19. The molecule has 1 fully saturated rings. The van der Waals surface area contributed by atoms with E-state index >= 15 is 0 Å². The van der Waals surface area contributed by atoms with E-state index in [9.17, 15) is 0 Å². The predicted molar refractivity (Wildman–Crippen MR) is 66.9 cm³/mol. The summed E-state index contributed by atoms with van der Waals surface area (Å²) in [6.45, 7) is 15.7. The molecule has 0 radical (unpaired) electrons. The van der Waals surface area contributed by atoms with Crippen LogP contribution in [0.4, 0.5) is 0 Å². The van der Waals surface area contributed by atoms with Crippen LogP contribution >= 0.6 is 0 Å². The van der Waals surface area contributed by atoms with Gasteiger partial charge < -0.3 is 0 Å². The zero-order valence-corrected chi connectivity index (χ0v) is 10.2. The van der Waals surface area contributed by atoms with E-state index in [1.165, 1.54) is 43.5 Å². The molecule has 0 saturated carbocycles. The third kappa shape index (κ3) is 3.70. The Balaban J connectivity index is 2.50. The maximum Gasteiger partial charge on any atom is 0.0236 e. The Morgan fingerprint density at radius 2 is 1.87 bits per heavy atom. The molecule has 1 saturated heterocycles. The van der Waals surface area contributed by atoms with Crippen molar-refractivity contribution in [1.29, 1.82) is 0 Å². The summed E-state index contributed by atoms with van der Waals surface area (Å²) >= 11 is 0. The maximum atomic E-state index is 4.16. The molecule has 1 aliphatic heterocycles. The summed E-state index contributed by atoms with van der Waals surface area (Å²) in [7, 11) is 0. The second kappa shape index (κ2) is 5.95. The van der Waals surface area contributed by atoms with Crippen LogP contribution in [-0.2, 0) is 0 Å². The Bertz CT molecular complexity index is 263. The lowest BCUT2D eigenvalue weighted by atomic mass is 9.96. The van der Waals surface area contributed by atoms with Gasteiger partial charge in [-0.25, -0.2) is 0 Å². The maximum absolute atomic E-state index is 4.16. The second-order valence-corrected chi connectivity index (χ2v) is 4.69. The third-order valence-electron chi connectivity index (χ3n) is 3.01. The molecule has 0 atom stereocenters. The zero-order valence-electron chi connectivity index (χ0n) is 10.2. The Hall–Kier alpha value is -0.780. The first-order valence-electron chi connectivity index (χ1n) is 5.95. The highest BCUT2D eigenvalue weighted by molar-refractivity contribution is 5.29. The van der Waals surface area contributed by atoms with Crippen LogP contribution in [0, 0.1) is 5.92 Å². The van der Waals surface area contributed by atoms with Gasteiger partial charge in [0, 0.05) is 6.54 Å². The van der Waals surface area contributed by atoms with Gasteiger partial charge in [-0.2, -0.15) is 0 Å². The van der Waals surface area contributed by atoms with Crippen molar-refractivity contribution in [2.75, 3.05) is 19.6 Å². The van der Waals surface area contributed by atoms with Crippen LogP contribution in [0.15, 0.2) is 30.0 Å². The Morgan fingerprint density at radius 1 is 1.27 bits per heavy atom. The van der Waals surface area contributed by atoms with E-state index < -0.39 is 0 Å². The summed E-state index contributed by atoms with van der Waals surface area (Å²) in [4.78, 5) is 2.49. The van der Waals surface area contributed by atoms with E-state index in [0.29, 0.717) is 5.92 Å². The van der Waals surface area contributed by atoms with Crippen molar-refractivity contribution in [2.24, 2.45) is 5.92 Å². The van der Waals surface area contributed by atoms with Gasteiger partial charge in [0.15, 0.2) is 0 Å². The van der Waals surface area contributed by atoms with Crippen molar-refractivity contribution in [1.82, 2.24) is 4.90 Å². The van der Waals surface area contributed by atoms with Crippen LogP contribution < -0.4 is 0 Å². The highest BCUT2D eigenvalue weighted by Crippen LogP contribution is 2.19. The Morgan fingerprint density at radius 3 is 2.33 bits per heavy atom. The molecule has 0 bridgehead atoms. The molecule has 0 aliphatic carbocycles. The number of piperidine rings is 1. The van der Waals surface area contributed by atoms with Crippen molar-refractivity contribution in [3.63, 3.8) is 0 Å². The molecular formula is C14H23N. The largest absolute Gasteiger partial charge is 0.299 e. The summed E-state index contributed by atoms with van der Waals surface area (Å²) in [6.07, 6.45) is 4.06. The smallest absolute Gasteiger partial charge is 0.0236 e. The number of likely N-dealkylation sites (tertiary alicyclic amines) is 1. The van der Waals surface area contributed by atoms with Gasteiger partial charge in [-0.05, 0) is 43.0 Å². The van der Waals surface area contributed by atoms with E-state index in [4.69, 9.17) is 0 Å². The standard InChI is InChI=1S/C14H23N/c1-5-14(12(2)3)13(4)11-15-9-7-6-8-10-15/h12H,1,4,6-11H2,2-3H3. The fraction of sp³-hybridized carbons (Fsp3) is 0.643. The predicted octanol–water partition coefficient (Wildman–Crippen LogP) is 3.40. The van der Waals surface area contributed by atoms with Crippen molar-refractivity contribution in [3.05, 3.63) is 30.0 Å². The van der Waals surface area contributed by atoms with Crippen LogP contribution in [0.3, 0.4) is 0 Å². The van der Waals surface area contributed by atoms with Gasteiger partial charge in [0.2, 0.25) is 0 Å². The molecular weight excluding hydrogens is 182 g/mol. The van der Waals surface area contributed by atoms with Crippen LogP contribution in [0.25, 0.3) is 0 Å². The summed E-state index contributed by atoms with van der Waals surface area (Å²) in [5, 5.41) is 0. The summed E-state index contributed by atoms with van der Waals surface area (Å²) in [6, 6.07) is 0. The lowest BCUT2D eigenvalue weighted by Gasteiger charge is -2.28. The first-order valence-corrected chi connectivity index (χ1v) is 5.95. The molecule has 1 heterocycles. The summed E-state index contributed by atoms with van der Waals surface area (Å²) in [5.74, 6) is 0.486. The number of hydrogen-bond donors (Lipinski definition) is 0. The lowest BCUT2D eigenvalue weighted by molar-refractivity contribution is 0.247. The van der Waals surface area contributed by atoms with Crippen molar-refractivity contribution in [2.45, 2.75) is 33.1 Å². The van der Waals surface area contributed by atoms with E-state index in [1.807, 2.05) is 0 Å². The molecule has 0 spiro atoms. The van der Waals surface area contributed by atoms with Crippen LogP contribution in [0.5, 0.6) is 0 Å². The third-order valence-corrected chi connectivity index (χ3v) is 3.01. The number of nitrogens with zero attached hydrogens (tertiary/aromatic N) is 1. The van der Waals surface area contributed by atoms with E-state index in [-0.39, 0.29) is 0 Å². The van der Waals surface area contributed by atoms with Gasteiger partial charge in [0.1, 0.15) is 0 Å². The second-order valence-electron chi connectivity index (χ2n) is 4.69. The van der Waals surface area contributed by atoms with Crippen LogP contribution in [0.2, 0.25) is 0 Å². The van der Waals surface area contributed by atoms with E-state index in [1.54, 1.807) is 0 Å². The molecule has 0 aromatic rings. The SMILES string of the molecule is C=C=C(C(=C)CN1CCCCC1)C(C)C. The Kier molecular flexibility index (Phi) is 4.87. The van der Waals surface area contributed by atoms with Gasteiger partial charge in [0.25, 0.3) is 0 Å². The Labute approximate surface area is 94.2 Å². The molecule has 1 heteroatoms. The van der Waals surface area contributed by atoms with Gasteiger partial charge >= 0.3 is 0 Å². The molecule has 0 amide bonds. The molecule has 0 aromatic heterocycles. The lowest BCUT2D eigenvalue weighted by Crippen LogP contribution is -2.31. The fourth-order valence-electron chi connectivity index (χ4n) is 2.21. The minimum atomic E-state index is 0.486. The summed E-state index contributed by atoms with van der Waals surface area (Å²) in [5.41, 5.74) is 5.42. The van der Waals surface area contributed by atoms with Crippen molar-refractivity contribution < 1.29 is 0 Å². The number of hydrogen-bond acceptors (Lipinski definition) is 1. The molecule has 0 unspecified atom stereocenters. The first kappa shape index (κ1) is 12.3. The molecule has 0 aromatic carbocycles. The highest BCUT2D eigenvalue weighted by Gasteiger charge is 2.14. The first-order chi connectivity index (χ1) is 7.15. The minimum absolute atomic E-state index is 0.486. The quantitative estimate of drug-likeness (QED) is 0.502. The number of rotatable bonds is 4. The van der Waals surface area contributed by atoms with Gasteiger partial charge in [-0.15, -0.1) is 5.73 Å². The molecule has 0 N–H and O–H groups in total. The topological polar surface area (TPSA) is 3.24 Å². The zero-order chi connectivity index (χ0) is 11.3. The van der Waals surface area contributed by atoms with Crippen LogP contribution in [0.1, 0.15) is 33.1 Å². The molecule has 1 nitrogen and oxygen atoms in total. The molecule has 1 rings (SSSR count). The fourth-order valence-corrected chi connectivity index (χ4v) is 2.21. The summed E-state index contributed by atoms with van der Waals surface area (Å²) < 4.78 is 0. The van der Waals surface area contributed by atoms with Gasteiger partial charge in [-0.1, -0.05) is 33.4 Å². The average molecular weight is 205 g/mol.